The van der Waals surface area contributed by atoms with Crippen LogP contribution in [0.5, 0.6) is 5.75 Å². The Balaban J connectivity index is 0.000000136. The highest BCUT2D eigenvalue weighted by molar-refractivity contribution is 5.96. The van der Waals surface area contributed by atoms with Crippen LogP contribution in [-0.2, 0) is 17.6 Å². The number of benzene rings is 2. The fourth-order valence-electron chi connectivity index (χ4n) is 2.74. The van der Waals surface area contributed by atoms with Gasteiger partial charge in [0.25, 0.3) is 5.91 Å². The van der Waals surface area contributed by atoms with Gasteiger partial charge in [-0.1, -0.05) is 29.8 Å². The maximum atomic E-state index is 11.3. The highest BCUT2D eigenvalue weighted by atomic mass is 16.5. The summed E-state index contributed by atoms with van der Waals surface area (Å²) in [6, 6.07) is 11.9. The van der Waals surface area contributed by atoms with Crippen molar-refractivity contribution in [3.05, 3.63) is 64.2 Å². The average molecular weight is 309 g/mol. The largest absolute Gasteiger partial charge is 0.426 e. The number of carbonyl (C=O) groups is 2. The lowest BCUT2D eigenvalue weighted by atomic mass is 9.98. The van der Waals surface area contributed by atoms with Crippen LogP contribution in [0.3, 0.4) is 0 Å². The third-order valence-electron chi connectivity index (χ3n) is 3.97. The summed E-state index contributed by atoms with van der Waals surface area (Å²) in [6.45, 7) is 4.75. The highest BCUT2D eigenvalue weighted by Gasteiger charge is 2.19. The number of ether oxygens (including phenoxy) is 1. The molecule has 0 atom stereocenters. The van der Waals surface area contributed by atoms with E-state index in [2.05, 4.69) is 11.4 Å². The molecule has 0 aliphatic carbocycles. The maximum Gasteiger partial charge on any atom is 0.315 e. The van der Waals surface area contributed by atoms with Gasteiger partial charge in [-0.05, 0) is 43.5 Å². The first-order valence-electron chi connectivity index (χ1n) is 7.71. The minimum atomic E-state index is -0.148. The van der Waals surface area contributed by atoms with Gasteiger partial charge in [0.15, 0.2) is 0 Å². The van der Waals surface area contributed by atoms with Crippen LogP contribution in [0.15, 0.2) is 36.4 Å². The highest BCUT2D eigenvalue weighted by Crippen LogP contribution is 2.26. The van der Waals surface area contributed by atoms with Crippen molar-refractivity contribution in [2.45, 2.75) is 26.7 Å². The first kappa shape index (κ1) is 15.3. The molecule has 2 heterocycles. The molecule has 4 rings (SSSR count). The summed E-state index contributed by atoms with van der Waals surface area (Å²) in [4.78, 5) is 22.1. The number of nitrogens with one attached hydrogen (secondary N) is 1. The van der Waals surface area contributed by atoms with Crippen LogP contribution in [-0.4, -0.2) is 18.4 Å². The van der Waals surface area contributed by atoms with E-state index < -0.39 is 0 Å². The second-order valence-electron chi connectivity index (χ2n) is 5.93. The molecule has 0 unspecified atom stereocenters. The molecule has 0 saturated carbocycles. The standard InChI is InChI=1S/C10H11NO.C9H8O2/c1-7-2-3-8-4-5-11-10(12)9(8)6-7;1-6-2-3-7-5-9(10)11-8(7)4-6/h2-3,6H,4-5H2,1H3,(H,11,12);2-4H,5H2,1H3. The van der Waals surface area contributed by atoms with E-state index in [4.69, 9.17) is 4.74 Å². The predicted octanol–water partition coefficient (Wildman–Crippen LogP) is 2.74. The number of esters is 1. The summed E-state index contributed by atoms with van der Waals surface area (Å²) in [7, 11) is 0. The summed E-state index contributed by atoms with van der Waals surface area (Å²) in [6.07, 6.45) is 1.39. The molecule has 2 aliphatic heterocycles. The smallest absolute Gasteiger partial charge is 0.315 e. The van der Waals surface area contributed by atoms with Gasteiger partial charge in [0.05, 0.1) is 6.42 Å². The maximum absolute atomic E-state index is 11.3. The Morgan fingerprint density at radius 2 is 1.65 bits per heavy atom. The van der Waals surface area contributed by atoms with E-state index in [0.717, 1.165) is 41.0 Å². The number of aryl methyl sites for hydroxylation is 2. The molecule has 0 bridgehead atoms. The lowest BCUT2D eigenvalue weighted by Gasteiger charge is -2.16. The number of fused-ring (bicyclic) bond motifs is 2. The lowest BCUT2D eigenvalue weighted by Crippen LogP contribution is -2.31. The Kier molecular flexibility index (Phi) is 4.15. The molecule has 4 heteroatoms. The molecule has 2 aromatic rings. The lowest BCUT2D eigenvalue weighted by molar-refractivity contribution is -0.131. The SMILES string of the molecule is Cc1ccc2c(c1)C(=O)NCC2.Cc1ccc2c(c1)OC(=O)C2. The molecule has 2 aliphatic rings. The van der Waals surface area contributed by atoms with Gasteiger partial charge in [-0.2, -0.15) is 0 Å². The Morgan fingerprint density at radius 3 is 2.43 bits per heavy atom. The van der Waals surface area contributed by atoms with Crippen molar-refractivity contribution >= 4 is 11.9 Å². The van der Waals surface area contributed by atoms with Crippen molar-refractivity contribution in [1.82, 2.24) is 5.32 Å². The molecule has 0 saturated heterocycles. The van der Waals surface area contributed by atoms with Crippen molar-refractivity contribution < 1.29 is 14.3 Å². The van der Waals surface area contributed by atoms with Gasteiger partial charge in [-0.15, -0.1) is 0 Å². The van der Waals surface area contributed by atoms with Gasteiger partial charge in [0.1, 0.15) is 5.75 Å². The monoisotopic (exact) mass is 309 g/mol. The zero-order valence-electron chi connectivity index (χ0n) is 13.3. The van der Waals surface area contributed by atoms with Crippen LogP contribution in [0.4, 0.5) is 0 Å². The molecule has 4 nitrogen and oxygen atoms in total. The van der Waals surface area contributed by atoms with E-state index >= 15 is 0 Å². The quantitative estimate of drug-likeness (QED) is 0.601. The Morgan fingerprint density at radius 1 is 0.957 bits per heavy atom. The van der Waals surface area contributed by atoms with Crippen LogP contribution in [0.2, 0.25) is 0 Å². The molecule has 1 N–H and O–H groups in total. The second-order valence-corrected chi connectivity index (χ2v) is 5.93. The topological polar surface area (TPSA) is 55.4 Å². The Bertz CT molecular complexity index is 780. The molecular formula is C19H19NO3. The summed E-state index contributed by atoms with van der Waals surface area (Å²) < 4.78 is 4.95. The average Bonchev–Trinajstić information content (AvgIpc) is 2.88. The van der Waals surface area contributed by atoms with E-state index in [1.54, 1.807) is 0 Å². The number of hydrogen-bond acceptors (Lipinski definition) is 3. The molecule has 1 amide bonds. The van der Waals surface area contributed by atoms with Crippen molar-refractivity contribution in [1.29, 1.82) is 0 Å². The Hall–Kier alpha value is -2.62. The first-order valence-corrected chi connectivity index (χ1v) is 7.71. The predicted molar refractivity (Wildman–Crippen MR) is 87.7 cm³/mol. The molecule has 0 aromatic heterocycles. The summed E-state index contributed by atoms with van der Waals surface area (Å²) >= 11 is 0. The van der Waals surface area contributed by atoms with Crippen LogP contribution in [0, 0.1) is 13.8 Å². The van der Waals surface area contributed by atoms with Gasteiger partial charge < -0.3 is 10.1 Å². The summed E-state index contributed by atoms with van der Waals surface area (Å²) in [5, 5.41) is 2.83. The fraction of sp³-hybridized carbons (Fsp3) is 0.263. The molecule has 0 spiro atoms. The third-order valence-corrected chi connectivity index (χ3v) is 3.97. The van der Waals surface area contributed by atoms with E-state index in [1.165, 1.54) is 5.56 Å². The van der Waals surface area contributed by atoms with E-state index in [-0.39, 0.29) is 11.9 Å². The van der Waals surface area contributed by atoms with Gasteiger partial charge >= 0.3 is 5.97 Å². The van der Waals surface area contributed by atoms with Crippen molar-refractivity contribution in [3.63, 3.8) is 0 Å². The van der Waals surface area contributed by atoms with Crippen LogP contribution in [0.25, 0.3) is 0 Å². The first-order chi connectivity index (χ1) is 11.0. The fourth-order valence-corrected chi connectivity index (χ4v) is 2.74. The van der Waals surface area contributed by atoms with Crippen LogP contribution in [0.1, 0.15) is 32.6 Å². The van der Waals surface area contributed by atoms with Crippen molar-refractivity contribution in [2.24, 2.45) is 0 Å². The van der Waals surface area contributed by atoms with Gasteiger partial charge in [0, 0.05) is 17.7 Å². The van der Waals surface area contributed by atoms with Crippen LogP contribution < -0.4 is 10.1 Å². The minimum absolute atomic E-state index is 0.0694. The van der Waals surface area contributed by atoms with Gasteiger partial charge in [-0.25, -0.2) is 0 Å². The van der Waals surface area contributed by atoms with E-state index in [0.29, 0.717) is 6.42 Å². The molecule has 118 valence electrons. The number of amides is 1. The molecule has 23 heavy (non-hydrogen) atoms. The molecule has 0 radical (unpaired) electrons. The number of carbonyl (C=O) groups excluding carboxylic acids is 2. The number of rotatable bonds is 0. The minimum Gasteiger partial charge on any atom is -0.426 e. The van der Waals surface area contributed by atoms with Crippen molar-refractivity contribution in [2.75, 3.05) is 6.54 Å². The van der Waals surface area contributed by atoms with Gasteiger partial charge in [0.2, 0.25) is 0 Å². The Labute approximate surface area is 135 Å². The molecular weight excluding hydrogens is 290 g/mol. The molecule has 2 aromatic carbocycles. The molecule has 0 fully saturated rings. The normalized spacial score (nSPS) is 14.9. The summed E-state index contributed by atoms with van der Waals surface area (Å²) in [5.41, 5.74) is 5.29. The van der Waals surface area contributed by atoms with E-state index in [1.807, 2.05) is 44.2 Å². The van der Waals surface area contributed by atoms with Crippen molar-refractivity contribution in [3.8, 4) is 5.75 Å². The number of hydrogen-bond donors (Lipinski definition) is 1. The summed E-state index contributed by atoms with van der Waals surface area (Å²) in [5.74, 6) is 0.653. The zero-order valence-corrected chi connectivity index (χ0v) is 13.3. The zero-order chi connectivity index (χ0) is 16.4. The third kappa shape index (κ3) is 3.42. The van der Waals surface area contributed by atoms with Gasteiger partial charge in [-0.3, -0.25) is 9.59 Å². The second kappa shape index (κ2) is 6.24. The van der Waals surface area contributed by atoms with E-state index in [9.17, 15) is 9.59 Å². The van der Waals surface area contributed by atoms with Crippen LogP contribution >= 0.6 is 0 Å².